The molecule has 0 spiro atoms. The normalized spacial score (nSPS) is 14.3. The number of nitrogens with zero attached hydrogens (tertiary/aromatic N) is 3. The van der Waals surface area contributed by atoms with Gasteiger partial charge in [0.1, 0.15) is 11.6 Å². The minimum absolute atomic E-state index is 0.652. The van der Waals surface area contributed by atoms with Crippen molar-refractivity contribution in [3.63, 3.8) is 0 Å². The molecule has 0 radical (unpaired) electrons. The Labute approximate surface area is 106 Å². The second-order valence-corrected chi connectivity index (χ2v) is 4.23. The van der Waals surface area contributed by atoms with Gasteiger partial charge in [-0.3, -0.25) is 4.98 Å². The van der Waals surface area contributed by atoms with Crippen LogP contribution < -0.4 is 10.1 Å². The van der Waals surface area contributed by atoms with Crippen LogP contribution in [-0.2, 0) is 13.1 Å². The van der Waals surface area contributed by atoms with Crippen LogP contribution in [0.5, 0.6) is 5.75 Å². The van der Waals surface area contributed by atoms with E-state index in [2.05, 4.69) is 19.9 Å². The number of rotatable bonds is 3. The van der Waals surface area contributed by atoms with Crippen molar-refractivity contribution in [1.29, 1.82) is 0 Å². The van der Waals surface area contributed by atoms with E-state index in [0.717, 1.165) is 42.5 Å². The van der Waals surface area contributed by atoms with Gasteiger partial charge in [0.25, 0.3) is 0 Å². The zero-order valence-electron chi connectivity index (χ0n) is 10.4. The maximum Gasteiger partial charge on any atom is 0.138 e. The molecule has 0 amide bonds. The van der Waals surface area contributed by atoms with Crippen LogP contribution in [0.25, 0.3) is 11.3 Å². The highest BCUT2D eigenvalue weighted by atomic mass is 16.5. The fourth-order valence-electron chi connectivity index (χ4n) is 2.23. The van der Waals surface area contributed by atoms with Gasteiger partial charge in [0.05, 0.1) is 31.2 Å². The first-order chi connectivity index (χ1) is 8.88. The summed E-state index contributed by atoms with van der Waals surface area (Å²) in [4.78, 5) is 8.67. The summed E-state index contributed by atoms with van der Waals surface area (Å²) >= 11 is 0. The number of ether oxygens (including phenoxy) is 1. The number of hydrogen-bond acceptors (Lipinski definition) is 4. The van der Waals surface area contributed by atoms with Gasteiger partial charge in [0, 0.05) is 24.8 Å². The average Bonchev–Trinajstić information content (AvgIpc) is 2.83. The topological polar surface area (TPSA) is 52.0 Å². The lowest BCUT2D eigenvalue weighted by molar-refractivity contribution is 0.339. The van der Waals surface area contributed by atoms with Crippen LogP contribution in [0.2, 0.25) is 0 Å². The number of fused-ring (bicyclic) bond motifs is 1. The van der Waals surface area contributed by atoms with Crippen molar-refractivity contribution in [2.24, 2.45) is 0 Å². The molecule has 1 aliphatic heterocycles. The number of imidazole rings is 1. The zero-order chi connectivity index (χ0) is 12.4. The molecule has 1 aliphatic rings. The molecule has 0 unspecified atom stereocenters. The van der Waals surface area contributed by atoms with E-state index in [4.69, 9.17) is 4.74 Å². The van der Waals surface area contributed by atoms with Crippen LogP contribution in [0.15, 0.2) is 24.7 Å². The van der Waals surface area contributed by atoms with Gasteiger partial charge >= 0.3 is 0 Å². The molecule has 18 heavy (non-hydrogen) atoms. The molecule has 2 aromatic rings. The highest BCUT2D eigenvalue weighted by Crippen LogP contribution is 2.24. The molecule has 3 heterocycles. The first-order valence-electron chi connectivity index (χ1n) is 6.22. The van der Waals surface area contributed by atoms with Gasteiger partial charge in [0.15, 0.2) is 0 Å². The van der Waals surface area contributed by atoms with Gasteiger partial charge < -0.3 is 14.6 Å². The molecule has 0 saturated heterocycles. The van der Waals surface area contributed by atoms with Crippen LogP contribution in [0.3, 0.4) is 0 Å². The van der Waals surface area contributed by atoms with E-state index in [0.29, 0.717) is 6.61 Å². The third-order valence-corrected chi connectivity index (χ3v) is 3.05. The van der Waals surface area contributed by atoms with Crippen LogP contribution in [0.4, 0.5) is 0 Å². The Balaban J connectivity index is 1.99. The lowest BCUT2D eigenvalue weighted by atomic mass is 10.2. The van der Waals surface area contributed by atoms with Gasteiger partial charge in [-0.1, -0.05) is 0 Å². The Morgan fingerprint density at radius 2 is 2.33 bits per heavy atom. The average molecular weight is 244 g/mol. The second-order valence-electron chi connectivity index (χ2n) is 4.23. The molecule has 0 aliphatic carbocycles. The lowest BCUT2D eigenvalue weighted by Crippen LogP contribution is -2.28. The summed E-state index contributed by atoms with van der Waals surface area (Å²) in [7, 11) is 0. The third kappa shape index (κ3) is 1.97. The SMILES string of the molecule is CCOc1cncc(-c2cnc3n2CCNC3)c1. The second kappa shape index (κ2) is 4.78. The quantitative estimate of drug-likeness (QED) is 0.887. The number of hydrogen-bond donors (Lipinski definition) is 1. The predicted molar refractivity (Wildman–Crippen MR) is 68.3 cm³/mol. The Morgan fingerprint density at radius 1 is 1.39 bits per heavy atom. The number of aromatic nitrogens is 3. The molecule has 0 atom stereocenters. The van der Waals surface area contributed by atoms with Crippen molar-refractivity contribution in [2.45, 2.75) is 20.0 Å². The summed E-state index contributed by atoms with van der Waals surface area (Å²) in [5.74, 6) is 1.89. The molecule has 94 valence electrons. The zero-order valence-corrected chi connectivity index (χ0v) is 10.4. The van der Waals surface area contributed by atoms with E-state index in [9.17, 15) is 0 Å². The van der Waals surface area contributed by atoms with Crippen LogP contribution in [-0.4, -0.2) is 27.7 Å². The highest BCUT2D eigenvalue weighted by molar-refractivity contribution is 5.60. The molecule has 0 aromatic carbocycles. The summed E-state index contributed by atoms with van der Waals surface area (Å²) in [6, 6.07) is 2.02. The minimum Gasteiger partial charge on any atom is -0.492 e. The molecule has 0 fully saturated rings. The molecule has 5 heteroatoms. The van der Waals surface area contributed by atoms with E-state index >= 15 is 0 Å². The third-order valence-electron chi connectivity index (χ3n) is 3.05. The van der Waals surface area contributed by atoms with Gasteiger partial charge in [-0.05, 0) is 13.0 Å². The van der Waals surface area contributed by atoms with Crippen molar-refractivity contribution in [1.82, 2.24) is 19.9 Å². The monoisotopic (exact) mass is 244 g/mol. The Bertz CT molecular complexity index is 550. The van der Waals surface area contributed by atoms with E-state index in [-0.39, 0.29) is 0 Å². The Kier molecular flexibility index (Phi) is 2.98. The fourth-order valence-corrected chi connectivity index (χ4v) is 2.23. The largest absolute Gasteiger partial charge is 0.492 e. The summed E-state index contributed by atoms with van der Waals surface area (Å²) in [6.07, 6.45) is 5.51. The summed E-state index contributed by atoms with van der Waals surface area (Å²) in [5, 5.41) is 3.31. The minimum atomic E-state index is 0.652. The standard InChI is InChI=1S/C13H16N4O/c1-2-18-11-5-10(6-15-7-11)12-8-16-13-9-14-3-4-17(12)13/h5-8,14H,2-4,9H2,1H3. The van der Waals surface area contributed by atoms with Crippen LogP contribution in [0.1, 0.15) is 12.7 Å². The Hall–Kier alpha value is -1.88. The molecule has 5 nitrogen and oxygen atoms in total. The number of pyridine rings is 1. The van der Waals surface area contributed by atoms with Gasteiger partial charge in [-0.25, -0.2) is 4.98 Å². The van der Waals surface area contributed by atoms with Crippen molar-refractivity contribution >= 4 is 0 Å². The van der Waals surface area contributed by atoms with Crippen molar-refractivity contribution in [3.8, 4) is 17.0 Å². The van der Waals surface area contributed by atoms with Gasteiger partial charge in [-0.15, -0.1) is 0 Å². The molecular formula is C13H16N4O. The first-order valence-corrected chi connectivity index (χ1v) is 6.22. The van der Waals surface area contributed by atoms with Gasteiger partial charge in [-0.2, -0.15) is 0 Å². The maximum atomic E-state index is 5.48. The van der Waals surface area contributed by atoms with Crippen LogP contribution in [0, 0.1) is 0 Å². The first kappa shape index (κ1) is 11.2. The summed E-state index contributed by atoms with van der Waals surface area (Å²) in [5.41, 5.74) is 2.17. The number of nitrogens with one attached hydrogen (secondary N) is 1. The lowest BCUT2D eigenvalue weighted by Gasteiger charge is -2.17. The van der Waals surface area contributed by atoms with Crippen molar-refractivity contribution < 1.29 is 4.74 Å². The molecule has 0 bridgehead atoms. The van der Waals surface area contributed by atoms with Gasteiger partial charge in [0.2, 0.25) is 0 Å². The fraction of sp³-hybridized carbons (Fsp3) is 0.385. The predicted octanol–water partition coefficient (Wildman–Crippen LogP) is 1.45. The van der Waals surface area contributed by atoms with Crippen molar-refractivity contribution in [3.05, 3.63) is 30.5 Å². The maximum absolute atomic E-state index is 5.48. The molecule has 3 rings (SSSR count). The smallest absolute Gasteiger partial charge is 0.138 e. The summed E-state index contributed by atoms with van der Waals surface area (Å²) in [6.45, 7) is 5.38. The molecule has 2 aromatic heterocycles. The summed E-state index contributed by atoms with van der Waals surface area (Å²) < 4.78 is 7.72. The van der Waals surface area contributed by atoms with E-state index < -0.39 is 0 Å². The molecular weight excluding hydrogens is 228 g/mol. The van der Waals surface area contributed by atoms with Crippen LogP contribution >= 0.6 is 0 Å². The van der Waals surface area contributed by atoms with Crippen molar-refractivity contribution in [2.75, 3.05) is 13.2 Å². The molecule has 0 saturated carbocycles. The van der Waals surface area contributed by atoms with E-state index in [1.807, 2.05) is 25.4 Å². The van der Waals surface area contributed by atoms with E-state index in [1.165, 1.54) is 0 Å². The van der Waals surface area contributed by atoms with E-state index in [1.54, 1.807) is 6.20 Å². The Morgan fingerprint density at radius 3 is 3.22 bits per heavy atom. The molecule has 1 N–H and O–H groups in total. The highest BCUT2D eigenvalue weighted by Gasteiger charge is 2.15.